The zero-order valence-corrected chi connectivity index (χ0v) is 19.5. The second-order valence-corrected chi connectivity index (χ2v) is 9.05. The van der Waals surface area contributed by atoms with Crippen LogP contribution < -0.4 is 5.32 Å². The smallest absolute Gasteiger partial charge is 0.130 e. The summed E-state index contributed by atoms with van der Waals surface area (Å²) >= 11 is 0. The van der Waals surface area contributed by atoms with E-state index >= 15 is 0 Å². The summed E-state index contributed by atoms with van der Waals surface area (Å²) in [4.78, 5) is 11.6. The van der Waals surface area contributed by atoms with Crippen molar-refractivity contribution in [3.63, 3.8) is 0 Å². The molecular weight excluding hydrogens is 408 g/mol. The van der Waals surface area contributed by atoms with Gasteiger partial charge in [-0.2, -0.15) is 5.10 Å². The molecule has 1 N–H and O–H groups in total. The first kappa shape index (κ1) is 21.3. The molecule has 0 aliphatic carbocycles. The van der Waals surface area contributed by atoms with E-state index in [0.717, 1.165) is 76.3 Å². The number of benzene rings is 1. The van der Waals surface area contributed by atoms with Crippen LogP contribution in [0.5, 0.6) is 0 Å². The van der Waals surface area contributed by atoms with E-state index < -0.39 is 0 Å². The molecule has 4 aromatic rings. The zero-order chi connectivity index (χ0) is 22.9. The molecule has 5 rings (SSSR count). The van der Waals surface area contributed by atoms with E-state index in [9.17, 15) is 0 Å². The molecule has 6 heteroatoms. The maximum absolute atomic E-state index is 4.66. The molecule has 33 heavy (non-hydrogen) atoms. The van der Waals surface area contributed by atoms with E-state index in [0.29, 0.717) is 5.92 Å². The van der Waals surface area contributed by atoms with Crippen LogP contribution in [0.3, 0.4) is 0 Å². The molecule has 1 aromatic carbocycles. The summed E-state index contributed by atoms with van der Waals surface area (Å²) in [6.07, 6.45) is 8.02. The summed E-state index contributed by atoms with van der Waals surface area (Å²) in [5.74, 6) is 1.30. The fourth-order valence-electron chi connectivity index (χ4n) is 4.55. The maximum atomic E-state index is 4.66. The molecule has 0 saturated carbocycles. The van der Waals surface area contributed by atoms with Gasteiger partial charge in [0.05, 0.1) is 6.20 Å². The van der Waals surface area contributed by atoms with Crippen LogP contribution in [0.1, 0.15) is 35.7 Å². The number of fused-ring (bicyclic) bond motifs is 1. The third kappa shape index (κ3) is 4.39. The predicted octanol–water partition coefficient (Wildman–Crippen LogP) is 5.23. The van der Waals surface area contributed by atoms with Crippen molar-refractivity contribution in [3.05, 3.63) is 78.5 Å². The monoisotopic (exact) mass is 438 g/mol. The van der Waals surface area contributed by atoms with E-state index in [1.54, 1.807) is 0 Å². The van der Waals surface area contributed by atoms with Crippen LogP contribution in [-0.4, -0.2) is 44.8 Å². The van der Waals surface area contributed by atoms with Crippen molar-refractivity contribution in [1.82, 2.24) is 24.6 Å². The molecule has 168 valence electrons. The maximum Gasteiger partial charge on any atom is 0.130 e. The zero-order valence-electron chi connectivity index (χ0n) is 19.5. The van der Waals surface area contributed by atoms with Gasteiger partial charge >= 0.3 is 0 Å². The van der Waals surface area contributed by atoms with Gasteiger partial charge < -0.3 is 10.2 Å². The number of aromatic nitrogens is 4. The summed E-state index contributed by atoms with van der Waals surface area (Å²) in [5, 5.41) is 10.0. The lowest BCUT2D eigenvalue weighted by atomic mass is 9.92. The highest BCUT2D eigenvalue weighted by molar-refractivity contribution is 5.89. The highest BCUT2D eigenvalue weighted by Gasteiger charge is 2.20. The lowest BCUT2D eigenvalue weighted by Crippen LogP contribution is -2.29. The van der Waals surface area contributed by atoms with Crippen molar-refractivity contribution in [1.29, 1.82) is 0 Å². The molecule has 0 amide bonds. The lowest BCUT2D eigenvalue weighted by molar-refractivity contribution is 0.253. The summed E-state index contributed by atoms with van der Waals surface area (Å²) in [5.41, 5.74) is 6.49. The quantitative estimate of drug-likeness (QED) is 0.462. The first-order valence-corrected chi connectivity index (χ1v) is 11.5. The van der Waals surface area contributed by atoms with Crippen molar-refractivity contribution in [3.8, 4) is 11.1 Å². The number of rotatable bonds is 5. The van der Waals surface area contributed by atoms with Crippen molar-refractivity contribution in [2.75, 3.05) is 25.5 Å². The number of pyridine rings is 2. The van der Waals surface area contributed by atoms with E-state index in [1.807, 2.05) is 36.4 Å². The van der Waals surface area contributed by atoms with Gasteiger partial charge in [-0.1, -0.05) is 18.7 Å². The average molecular weight is 439 g/mol. The van der Waals surface area contributed by atoms with Crippen molar-refractivity contribution < 1.29 is 0 Å². The van der Waals surface area contributed by atoms with Gasteiger partial charge in [0.2, 0.25) is 0 Å². The Bertz CT molecular complexity index is 1310. The summed E-state index contributed by atoms with van der Waals surface area (Å²) in [6.45, 7) is 8.61. The molecule has 1 saturated heterocycles. The molecule has 1 aliphatic heterocycles. The summed E-state index contributed by atoms with van der Waals surface area (Å²) < 4.78 is 1.90. The van der Waals surface area contributed by atoms with Crippen molar-refractivity contribution >= 4 is 22.3 Å². The van der Waals surface area contributed by atoms with E-state index in [-0.39, 0.29) is 0 Å². The second kappa shape index (κ2) is 8.79. The van der Waals surface area contributed by atoms with Crippen LogP contribution in [0.2, 0.25) is 0 Å². The van der Waals surface area contributed by atoms with Gasteiger partial charge in [-0.3, -0.25) is 9.67 Å². The van der Waals surface area contributed by atoms with Crippen LogP contribution in [0.4, 0.5) is 5.82 Å². The number of hydrogen-bond acceptors (Lipinski definition) is 5. The first-order chi connectivity index (χ1) is 16.0. The topological polar surface area (TPSA) is 58.9 Å². The van der Waals surface area contributed by atoms with Crippen molar-refractivity contribution in [2.45, 2.75) is 25.7 Å². The molecule has 1 fully saturated rings. The van der Waals surface area contributed by atoms with Crippen molar-refractivity contribution in [2.24, 2.45) is 7.05 Å². The Morgan fingerprint density at radius 3 is 2.58 bits per heavy atom. The third-order valence-corrected chi connectivity index (χ3v) is 6.81. The second-order valence-electron chi connectivity index (χ2n) is 9.05. The van der Waals surface area contributed by atoms with Crippen LogP contribution in [0.25, 0.3) is 27.6 Å². The Balaban J connectivity index is 1.37. The fourth-order valence-corrected chi connectivity index (χ4v) is 4.55. The molecule has 0 spiro atoms. The summed E-state index contributed by atoms with van der Waals surface area (Å²) in [6, 6.07) is 12.7. The van der Waals surface area contributed by atoms with Gasteiger partial charge in [-0.05, 0) is 75.1 Å². The normalized spacial score (nSPS) is 15.1. The average Bonchev–Trinajstić information content (AvgIpc) is 3.17. The Morgan fingerprint density at radius 2 is 1.82 bits per heavy atom. The highest BCUT2D eigenvalue weighted by atomic mass is 15.3. The molecule has 1 aliphatic rings. The molecule has 4 heterocycles. The summed E-state index contributed by atoms with van der Waals surface area (Å²) in [7, 11) is 4.15. The third-order valence-electron chi connectivity index (χ3n) is 6.81. The number of nitrogens with zero attached hydrogens (tertiary/aromatic N) is 5. The molecule has 6 nitrogen and oxygen atoms in total. The van der Waals surface area contributed by atoms with Crippen LogP contribution in [0, 0.1) is 6.92 Å². The highest BCUT2D eigenvalue weighted by Crippen LogP contribution is 2.30. The minimum absolute atomic E-state index is 0.516. The first-order valence-electron chi connectivity index (χ1n) is 11.5. The fraction of sp³-hybridized carbons (Fsp3) is 0.296. The Labute approximate surface area is 195 Å². The molecule has 0 unspecified atom stereocenters. The van der Waals surface area contributed by atoms with Gasteiger partial charge in [0, 0.05) is 59.0 Å². The van der Waals surface area contributed by atoms with Gasteiger partial charge in [0.15, 0.2) is 0 Å². The number of likely N-dealkylation sites (tertiary alicyclic amines) is 1. The Kier molecular flexibility index (Phi) is 5.68. The number of piperidine rings is 1. The minimum Gasteiger partial charge on any atom is -0.340 e. The number of hydrogen-bond donors (Lipinski definition) is 1. The number of aryl methyl sites for hydroxylation is 1. The molecule has 0 atom stereocenters. The largest absolute Gasteiger partial charge is 0.340 e. The van der Waals surface area contributed by atoms with E-state index in [2.05, 4.69) is 76.2 Å². The van der Waals surface area contributed by atoms with Crippen LogP contribution in [0.15, 0.2) is 61.6 Å². The van der Waals surface area contributed by atoms with Gasteiger partial charge in [0.25, 0.3) is 0 Å². The van der Waals surface area contributed by atoms with Crippen LogP contribution in [-0.2, 0) is 7.05 Å². The predicted molar refractivity (Wildman–Crippen MR) is 135 cm³/mol. The Morgan fingerprint density at radius 1 is 1.00 bits per heavy atom. The SMILES string of the molecule is C=C(Nc1cc2cc(-c3cnn(C)c3C)ccc2cn1)c1ccnc(C2CCN(C)CC2)c1. The number of anilines is 1. The Hall–Kier alpha value is -3.51. The van der Waals surface area contributed by atoms with Gasteiger partial charge in [0.1, 0.15) is 5.82 Å². The van der Waals surface area contributed by atoms with E-state index in [1.165, 1.54) is 0 Å². The minimum atomic E-state index is 0.516. The molecular formula is C27H30N6. The number of nitrogens with one attached hydrogen (secondary N) is 1. The van der Waals surface area contributed by atoms with Crippen LogP contribution >= 0.6 is 0 Å². The van der Waals surface area contributed by atoms with E-state index in [4.69, 9.17) is 0 Å². The van der Waals surface area contributed by atoms with Gasteiger partial charge in [-0.15, -0.1) is 0 Å². The molecule has 0 radical (unpaired) electrons. The molecule has 3 aromatic heterocycles. The molecule has 0 bridgehead atoms. The lowest BCUT2D eigenvalue weighted by Gasteiger charge is -2.28. The standard InChI is InChI=1S/C27H30N6/c1-18(21-7-10-28-26(14-21)20-8-11-32(3)12-9-20)31-27-15-24-13-22(5-6-23(24)16-29-27)25-17-30-33(4)19(25)2/h5-7,10,13-17,20H,1,8-9,11-12H2,2-4H3,(H,29,31). The van der Waals surface area contributed by atoms with Gasteiger partial charge in [-0.25, -0.2) is 4.98 Å².